The van der Waals surface area contributed by atoms with Crippen molar-refractivity contribution < 1.29 is 9.90 Å². The van der Waals surface area contributed by atoms with E-state index in [1.165, 1.54) is 0 Å². The molecule has 0 bridgehead atoms. The summed E-state index contributed by atoms with van der Waals surface area (Å²) < 4.78 is 0. The average molecular weight is 317 g/mol. The Kier molecular flexibility index (Phi) is 4.97. The Morgan fingerprint density at radius 2 is 2.13 bits per heavy atom. The molecule has 126 valence electrons. The molecule has 0 saturated carbocycles. The van der Waals surface area contributed by atoms with E-state index in [2.05, 4.69) is 16.9 Å². The largest absolute Gasteiger partial charge is 0.396 e. The highest BCUT2D eigenvalue weighted by Crippen LogP contribution is 2.41. The van der Waals surface area contributed by atoms with Crippen LogP contribution in [0.15, 0.2) is 24.5 Å². The predicted molar refractivity (Wildman–Crippen MR) is 88.9 cm³/mol. The quantitative estimate of drug-likeness (QED) is 0.910. The molecule has 2 fully saturated rings. The molecule has 3 rings (SSSR count). The molecule has 0 radical (unpaired) electrons. The Bertz CT molecular complexity index is 536. The van der Waals surface area contributed by atoms with E-state index in [1.54, 1.807) is 12.4 Å². The standard InChI is InChI=1S/C18H27N3O2/c1-20-11-2-7-18(14-22)8-12-21(13-16(18)20)17(23)4-3-15-5-9-19-10-6-15/h5-6,9-10,16,22H,2-4,7-8,11-14H2,1H3/t16-,18-/m1/s1. The lowest BCUT2D eigenvalue weighted by molar-refractivity contribution is -0.139. The summed E-state index contributed by atoms with van der Waals surface area (Å²) in [6.45, 7) is 2.83. The molecule has 1 aromatic heterocycles. The van der Waals surface area contributed by atoms with Gasteiger partial charge in [0.15, 0.2) is 0 Å². The molecule has 5 heteroatoms. The van der Waals surface area contributed by atoms with Crippen molar-refractivity contribution in [2.24, 2.45) is 5.41 Å². The number of rotatable bonds is 4. The SMILES string of the molecule is CN1CCC[C@]2(CO)CCN(C(=O)CCc3ccncc3)C[C@@H]12. The third-order valence-corrected chi connectivity index (χ3v) is 5.74. The van der Waals surface area contributed by atoms with Gasteiger partial charge in [-0.15, -0.1) is 0 Å². The van der Waals surface area contributed by atoms with Crippen LogP contribution >= 0.6 is 0 Å². The van der Waals surface area contributed by atoms with Gasteiger partial charge in [0, 0.05) is 43.4 Å². The summed E-state index contributed by atoms with van der Waals surface area (Å²) >= 11 is 0. The number of carbonyl (C=O) groups is 1. The van der Waals surface area contributed by atoms with Crippen molar-refractivity contribution in [3.8, 4) is 0 Å². The van der Waals surface area contributed by atoms with Crippen LogP contribution in [0, 0.1) is 5.41 Å². The van der Waals surface area contributed by atoms with E-state index < -0.39 is 0 Å². The van der Waals surface area contributed by atoms with Crippen LogP contribution in [0.5, 0.6) is 0 Å². The summed E-state index contributed by atoms with van der Waals surface area (Å²) in [5.41, 5.74) is 1.15. The molecule has 0 unspecified atom stereocenters. The first-order valence-corrected chi connectivity index (χ1v) is 8.62. The van der Waals surface area contributed by atoms with Gasteiger partial charge in [0.25, 0.3) is 0 Å². The molecule has 2 atom stereocenters. The zero-order chi connectivity index (χ0) is 16.3. The van der Waals surface area contributed by atoms with Crippen molar-refractivity contribution in [2.75, 3.05) is 33.3 Å². The summed E-state index contributed by atoms with van der Waals surface area (Å²) in [5, 5.41) is 9.94. The second kappa shape index (κ2) is 6.97. The number of fused-ring (bicyclic) bond motifs is 1. The number of aliphatic hydroxyl groups is 1. The number of nitrogens with zero attached hydrogens (tertiary/aromatic N) is 3. The maximum Gasteiger partial charge on any atom is 0.222 e. The van der Waals surface area contributed by atoms with Crippen molar-refractivity contribution in [1.29, 1.82) is 0 Å². The van der Waals surface area contributed by atoms with Gasteiger partial charge in [0.2, 0.25) is 5.91 Å². The smallest absolute Gasteiger partial charge is 0.222 e. The normalized spacial score (nSPS) is 28.4. The number of carbonyl (C=O) groups excluding carboxylic acids is 1. The summed E-state index contributed by atoms with van der Waals surface area (Å²) in [5.74, 6) is 0.229. The predicted octanol–water partition coefficient (Wildman–Crippen LogP) is 1.32. The topological polar surface area (TPSA) is 56.7 Å². The Morgan fingerprint density at radius 3 is 2.87 bits per heavy atom. The van der Waals surface area contributed by atoms with Crippen molar-refractivity contribution in [3.63, 3.8) is 0 Å². The van der Waals surface area contributed by atoms with Crippen molar-refractivity contribution >= 4 is 5.91 Å². The van der Waals surface area contributed by atoms with Gasteiger partial charge in [-0.2, -0.15) is 0 Å². The molecule has 1 N–H and O–H groups in total. The first-order valence-electron chi connectivity index (χ1n) is 8.62. The highest BCUT2D eigenvalue weighted by Gasteiger charge is 2.47. The van der Waals surface area contributed by atoms with Crippen molar-refractivity contribution in [2.45, 2.75) is 38.1 Å². The van der Waals surface area contributed by atoms with Crippen LogP contribution in [0.4, 0.5) is 0 Å². The van der Waals surface area contributed by atoms with Crippen LogP contribution < -0.4 is 0 Å². The number of likely N-dealkylation sites (N-methyl/N-ethyl adjacent to an activating group) is 1. The van der Waals surface area contributed by atoms with Gasteiger partial charge in [-0.25, -0.2) is 0 Å². The molecule has 2 saturated heterocycles. The van der Waals surface area contributed by atoms with Crippen LogP contribution in [0.3, 0.4) is 0 Å². The number of aryl methyl sites for hydroxylation is 1. The monoisotopic (exact) mass is 317 g/mol. The minimum absolute atomic E-state index is 0.00508. The molecule has 0 aliphatic carbocycles. The Labute approximate surface area is 138 Å². The number of aromatic nitrogens is 1. The highest BCUT2D eigenvalue weighted by molar-refractivity contribution is 5.76. The fourth-order valence-corrected chi connectivity index (χ4v) is 4.20. The number of piperidine rings is 2. The number of likely N-dealkylation sites (tertiary alicyclic amines) is 2. The molecule has 1 amide bonds. The van der Waals surface area contributed by atoms with Crippen LogP contribution in [0.25, 0.3) is 0 Å². The highest BCUT2D eigenvalue weighted by atomic mass is 16.3. The number of hydrogen-bond donors (Lipinski definition) is 1. The summed E-state index contributed by atoms with van der Waals surface area (Å²) in [4.78, 5) is 20.9. The van der Waals surface area contributed by atoms with E-state index >= 15 is 0 Å². The zero-order valence-corrected chi connectivity index (χ0v) is 13.9. The molecular weight excluding hydrogens is 290 g/mol. The Morgan fingerprint density at radius 1 is 1.35 bits per heavy atom. The van der Waals surface area contributed by atoms with E-state index in [4.69, 9.17) is 0 Å². The lowest BCUT2D eigenvalue weighted by Crippen LogP contribution is -2.62. The Hall–Kier alpha value is -1.46. The summed E-state index contributed by atoms with van der Waals surface area (Å²) in [7, 11) is 2.12. The molecule has 2 aliphatic rings. The van der Waals surface area contributed by atoms with Gasteiger partial charge in [-0.1, -0.05) is 0 Å². The molecule has 0 aromatic carbocycles. The molecule has 1 aromatic rings. The van der Waals surface area contributed by atoms with Crippen LogP contribution in [-0.4, -0.2) is 65.1 Å². The van der Waals surface area contributed by atoms with Gasteiger partial charge in [-0.05, 0) is 57.0 Å². The average Bonchev–Trinajstić information content (AvgIpc) is 2.60. The minimum Gasteiger partial charge on any atom is -0.396 e. The molecule has 5 nitrogen and oxygen atoms in total. The molecule has 2 aliphatic heterocycles. The van der Waals surface area contributed by atoms with E-state index in [1.807, 2.05) is 17.0 Å². The zero-order valence-electron chi connectivity index (χ0n) is 13.9. The van der Waals surface area contributed by atoms with E-state index in [9.17, 15) is 9.90 Å². The summed E-state index contributed by atoms with van der Waals surface area (Å²) in [6, 6.07) is 4.23. The van der Waals surface area contributed by atoms with Crippen LogP contribution in [0.2, 0.25) is 0 Å². The molecule has 3 heterocycles. The maximum absolute atomic E-state index is 12.6. The van der Waals surface area contributed by atoms with Gasteiger partial charge < -0.3 is 14.9 Å². The molecular formula is C18H27N3O2. The third kappa shape index (κ3) is 3.40. The number of pyridine rings is 1. The lowest BCUT2D eigenvalue weighted by atomic mass is 9.69. The fourth-order valence-electron chi connectivity index (χ4n) is 4.20. The van der Waals surface area contributed by atoms with Gasteiger partial charge in [0.05, 0.1) is 6.61 Å². The first-order chi connectivity index (χ1) is 11.1. The van der Waals surface area contributed by atoms with Crippen LogP contribution in [0.1, 0.15) is 31.2 Å². The van der Waals surface area contributed by atoms with Crippen molar-refractivity contribution in [3.05, 3.63) is 30.1 Å². The Balaban J connectivity index is 1.60. The van der Waals surface area contributed by atoms with E-state index in [-0.39, 0.29) is 17.9 Å². The van der Waals surface area contributed by atoms with Gasteiger partial charge >= 0.3 is 0 Å². The lowest BCUT2D eigenvalue weighted by Gasteiger charge is -2.53. The van der Waals surface area contributed by atoms with Crippen LogP contribution in [-0.2, 0) is 11.2 Å². The second-order valence-electron chi connectivity index (χ2n) is 7.07. The van der Waals surface area contributed by atoms with Gasteiger partial charge in [0.1, 0.15) is 0 Å². The number of aliphatic hydroxyl groups excluding tert-OH is 1. The molecule has 23 heavy (non-hydrogen) atoms. The number of amides is 1. The third-order valence-electron chi connectivity index (χ3n) is 5.74. The van der Waals surface area contributed by atoms with Gasteiger partial charge in [-0.3, -0.25) is 9.78 Å². The van der Waals surface area contributed by atoms with Crippen molar-refractivity contribution in [1.82, 2.24) is 14.8 Å². The second-order valence-corrected chi connectivity index (χ2v) is 7.07. The number of hydrogen-bond acceptors (Lipinski definition) is 4. The summed E-state index contributed by atoms with van der Waals surface area (Å²) in [6.07, 6.45) is 8.00. The molecule has 0 spiro atoms. The minimum atomic E-state index is -0.00508. The fraction of sp³-hybridized carbons (Fsp3) is 0.667. The van der Waals surface area contributed by atoms with E-state index in [0.29, 0.717) is 12.5 Å². The van der Waals surface area contributed by atoms with E-state index in [0.717, 1.165) is 50.9 Å². The maximum atomic E-state index is 12.6. The first kappa shape index (κ1) is 16.4.